The molecule has 0 saturated heterocycles. The van der Waals surface area contributed by atoms with E-state index in [4.69, 9.17) is 10.5 Å². The number of nitrogens with one attached hydrogen (secondary N) is 1. The molecule has 0 aliphatic rings. The van der Waals surface area contributed by atoms with E-state index < -0.39 is 23.8 Å². The summed E-state index contributed by atoms with van der Waals surface area (Å²) in [5, 5.41) is 13.0. The van der Waals surface area contributed by atoms with Gasteiger partial charge in [-0.1, -0.05) is 12.1 Å². The van der Waals surface area contributed by atoms with Crippen molar-refractivity contribution in [1.82, 2.24) is 5.32 Å². The van der Waals surface area contributed by atoms with E-state index in [2.05, 4.69) is 5.32 Å². The van der Waals surface area contributed by atoms with E-state index in [-0.39, 0.29) is 12.4 Å². The van der Waals surface area contributed by atoms with Crippen LogP contribution in [0.1, 0.15) is 44.4 Å². The molecule has 1 rings (SSSR count). The number of benzene rings is 1. The number of rotatable bonds is 5. The molecule has 1 amide bonds. The molecule has 0 spiro atoms. The van der Waals surface area contributed by atoms with Crippen LogP contribution in [0.25, 0.3) is 0 Å². The van der Waals surface area contributed by atoms with E-state index >= 15 is 0 Å². The minimum Gasteiger partial charge on any atom is -0.444 e. The van der Waals surface area contributed by atoms with E-state index in [1.165, 1.54) is 12.1 Å². The predicted molar refractivity (Wildman–Crippen MR) is 82.9 cm³/mol. The lowest BCUT2D eigenvalue weighted by Crippen LogP contribution is -2.43. The van der Waals surface area contributed by atoms with Crippen molar-refractivity contribution in [2.24, 2.45) is 5.73 Å². The van der Waals surface area contributed by atoms with Crippen LogP contribution in [0.15, 0.2) is 18.2 Å². The molecular formula is C16H25FN2O3. The van der Waals surface area contributed by atoms with Gasteiger partial charge in [-0.05, 0) is 57.9 Å². The highest BCUT2D eigenvalue weighted by atomic mass is 19.1. The smallest absolute Gasteiger partial charge is 0.407 e. The minimum atomic E-state index is -0.990. The van der Waals surface area contributed by atoms with E-state index in [0.717, 1.165) is 0 Å². The van der Waals surface area contributed by atoms with Crippen LogP contribution in [0, 0.1) is 12.7 Å². The third-order valence-corrected chi connectivity index (χ3v) is 3.08. The molecule has 4 N–H and O–H groups in total. The lowest BCUT2D eigenvalue weighted by atomic mass is 9.98. The highest BCUT2D eigenvalue weighted by Gasteiger charge is 2.25. The van der Waals surface area contributed by atoms with Crippen LogP contribution in [0.4, 0.5) is 9.18 Å². The van der Waals surface area contributed by atoms with Gasteiger partial charge in [-0.3, -0.25) is 0 Å². The number of aliphatic hydroxyl groups excluding tert-OH is 1. The van der Waals surface area contributed by atoms with Crippen LogP contribution in [0.5, 0.6) is 0 Å². The summed E-state index contributed by atoms with van der Waals surface area (Å²) in [7, 11) is 0. The molecule has 124 valence electrons. The Morgan fingerprint density at radius 2 is 2.09 bits per heavy atom. The monoisotopic (exact) mass is 312 g/mol. The quantitative estimate of drug-likeness (QED) is 0.779. The van der Waals surface area contributed by atoms with Crippen molar-refractivity contribution in [1.29, 1.82) is 0 Å². The first-order valence-electron chi connectivity index (χ1n) is 7.27. The summed E-state index contributed by atoms with van der Waals surface area (Å²) >= 11 is 0. The first-order valence-corrected chi connectivity index (χ1v) is 7.27. The second kappa shape index (κ2) is 7.56. The molecule has 2 unspecified atom stereocenters. The van der Waals surface area contributed by atoms with Crippen molar-refractivity contribution in [3.63, 3.8) is 0 Å². The van der Waals surface area contributed by atoms with Gasteiger partial charge in [0, 0.05) is 0 Å². The lowest BCUT2D eigenvalue weighted by molar-refractivity contribution is 0.0415. The summed E-state index contributed by atoms with van der Waals surface area (Å²) in [6.07, 6.45) is -1.24. The number of hydrogen-bond donors (Lipinski definition) is 3. The average molecular weight is 312 g/mol. The maximum atomic E-state index is 13.3. The molecule has 0 saturated carbocycles. The third kappa shape index (κ3) is 5.61. The van der Waals surface area contributed by atoms with Crippen molar-refractivity contribution < 1.29 is 19.0 Å². The van der Waals surface area contributed by atoms with Crippen molar-refractivity contribution in [2.45, 2.75) is 51.9 Å². The number of aryl methyl sites for hydroxylation is 1. The molecule has 5 nitrogen and oxygen atoms in total. The molecule has 22 heavy (non-hydrogen) atoms. The van der Waals surface area contributed by atoms with Gasteiger partial charge in [0.15, 0.2) is 0 Å². The number of ether oxygens (including phenoxy) is 1. The second-order valence-corrected chi connectivity index (χ2v) is 6.28. The molecule has 0 bridgehead atoms. The van der Waals surface area contributed by atoms with Gasteiger partial charge in [-0.2, -0.15) is 0 Å². The number of nitrogens with two attached hydrogens (primary N) is 1. The standard InChI is InChI=1S/C16H25FN2O3/c1-10-9-11(5-6-12(10)17)14(20)13(7-8-18)19-15(21)22-16(2,3)4/h5-6,9,13-14,20H,7-8,18H2,1-4H3,(H,19,21). The van der Waals surface area contributed by atoms with Gasteiger partial charge in [0.25, 0.3) is 0 Å². The molecule has 2 atom stereocenters. The zero-order chi connectivity index (χ0) is 16.9. The molecule has 6 heteroatoms. The van der Waals surface area contributed by atoms with Crippen LogP contribution in [0.3, 0.4) is 0 Å². The molecule has 1 aromatic carbocycles. The number of carbonyl (C=O) groups is 1. The predicted octanol–water partition coefficient (Wildman–Crippen LogP) is 2.41. The molecule has 0 aromatic heterocycles. The Morgan fingerprint density at radius 3 is 2.59 bits per heavy atom. The van der Waals surface area contributed by atoms with Crippen LogP contribution in [-0.4, -0.2) is 29.4 Å². The molecule has 0 radical (unpaired) electrons. The van der Waals surface area contributed by atoms with Crippen LogP contribution in [-0.2, 0) is 4.74 Å². The number of hydrogen-bond acceptors (Lipinski definition) is 4. The SMILES string of the molecule is Cc1cc(C(O)C(CCN)NC(=O)OC(C)(C)C)ccc1F. The maximum Gasteiger partial charge on any atom is 0.407 e. The Bertz CT molecular complexity index is 515. The van der Waals surface area contributed by atoms with Gasteiger partial charge < -0.3 is 20.9 Å². The van der Waals surface area contributed by atoms with Crippen molar-refractivity contribution in [3.8, 4) is 0 Å². The van der Waals surface area contributed by atoms with Crippen molar-refractivity contribution >= 4 is 6.09 Å². The summed E-state index contributed by atoms with van der Waals surface area (Å²) in [5.41, 5.74) is 5.86. The van der Waals surface area contributed by atoms with Gasteiger partial charge >= 0.3 is 6.09 Å². The van der Waals surface area contributed by atoms with E-state index in [9.17, 15) is 14.3 Å². The number of amides is 1. The highest BCUT2D eigenvalue weighted by molar-refractivity contribution is 5.68. The second-order valence-electron chi connectivity index (χ2n) is 6.28. The fourth-order valence-corrected chi connectivity index (χ4v) is 2.03. The molecule has 0 heterocycles. The third-order valence-electron chi connectivity index (χ3n) is 3.08. The number of aliphatic hydroxyl groups is 1. The average Bonchev–Trinajstić information content (AvgIpc) is 2.38. The minimum absolute atomic E-state index is 0.289. The summed E-state index contributed by atoms with van der Waals surface area (Å²) in [6.45, 7) is 7.17. The van der Waals surface area contributed by atoms with Gasteiger partial charge in [-0.15, -0.1) is 0 Å². The van der Waals surface area contributed by atoms with Crippen molar-refractivity contribution in [2.75, 3.05) is 6.54 Å². The van der Waals surface area contributed by atoms with Gasteiger partial charge in [0.05, 0.1) is 12.1 Å². The maximum absolute atomic E-state index is 13.3. The zero-order valence-electron chi connectivity index (χ0n) is 13.5. The fraction of sp³-hybridized carbons (Fsp3) is 0.562. The van der Waals surface area contributed by atoms with E-state index in [0.29, 0.717) is 17.5 Å². The van der Waals surface area contributed by atoms with Crippen LogP contribution < -0.4 is 11.1 Å². The highest BCUT2D eigenvalue weighted by Crippen LogP contribution is 2.21. The van der Waals surface area contributed by atoms with E-state index in [1.807, 2.05) is 0 Å². The lowest BCUT2D eigenvalue weighted by Gasteiger charge is -2.26. The summed E-state index contributed by atoms with van der Waals surface area (Å²) in [4.78, 5) is 11.9. The normalized spacial score (nSPS) is 14.3. The Kier molecular flexibility index (Phi) is 6.32. The number of alkyl carbamates (subject to hydrolysis) is 1. The first-order chi connectivity index (χ1) is 10.1. The van der Waals surface area contributed by atoms with Gasteiger partial charge in [0.1, 0.15) is 11.4 Å². The largest absolute Gasteiger partial charge is 0.444 e. The van der Waals surface area contributed by atoms with Crippen LogP contribution in [0.2, 0.25) is 0 Å². The summed E-state index contributed by atoms with van der Waals surface area (Å²) < 4.78 is 18.5. The van der Waals surface area contributed by atoms with Crippen LogP contribution >= 0.6 is 0 Å². The van der Waals surface area contributed by atoms with Gasteiger partial charge in [0.2, 0.25) is 0 Å². The first kappa shape index (κ1) is 18.4. The fourth-order valence-electron chi connectivity index (χ4n) is 2.03. The number of halogens is 1. The summed E-state index contributed by atoms with van der Waals surface area (Å²) in [5.74, 6) is -0.341. The Morgan fingerprint density at radius 1 is 1.45 bits per heavy atom. The molecular weight excluding hydrogens is 287 g/mol. The Balaban J connectivity index is 2.84. The van der Waals surface area contributed by atoms with Gasteiger partial charge in [-0.25, -0.2) is 9.18 Å². The topological polar surface area (TPSA) is 84.6 Å². The Hall–Kier alpha value is -1.66. The molecule has 1 aromatic rings. The molecule has 0 fully saturated rings. The van der Waals surface area contributed by atoms with E-state index in [1.54, 1.807) is 33.8 Å². The zero-order valence-corrected chi connectivity index (χ0v) is 13.5. The molecule has 0 aliphatic carbocycles. The molecule has 0 aliphatic heterocycles. The van der Waals surface area contributed by atoms with Crippen molar-refractivity contribution in [3.05, 3.63) is 35.1 Å². The number of carbonyl (C=O) groups excluding carboxylic acids is 1. The Labute approximate surface area is 130 Å². The summed E-state index contributed by atoms with van der Waals surface area (Å²) in [6, 6.07) is 3.73.